The summed E-state index contributed by atoms with van der Waals surface area (Å²) >= 11 is 5.89. The zero-order chi connectivity index (χ0) is 17.8. The molecule has 1 aliphatic heterocycles. The summed E-state index contributed by atoms with van der Waals surface area (Å²) < 4.78 is 0. The minimum atomic E-state index is -0.0273. The largest absolute Gasteiger partial charge is 0.352 e. The van der Waals surface area contributed by atoms with Gasteiger partial charge in [0.15, 0.2) is 0 Å². The number of alkyl halides is 1. The molecule has 0 spiro atoms. The maximum absolute atomic E-state index is 12.5. The Morgan fingerprint density at radius 1 is 1.24 bits per heavy atom. The van der Waals surface area contributed by atoms with Gasteiger partial charge in [0.2, 0.25) is 11.8 Å². The van der Waals surface area contributed by atoms with Gasteiger partial charge in [-0.25, -0.2) is 0 Å². The maximum Gasteiger partial charge on any atom is 0.238 e. The molecule has 1 aliphatic carbocycles. The van der Waals surface area contributed by atoms with Crippen molar-refractivity contribution in [1.82, 2.24) is 10.2 Å². The molecule has 1 N–H and O–H groups in total. The van der Waals surface area contributed by atoms with E-state index in [1.807, 2.05) is 4.90 Å². The van der Waals surface area contributed by atoms with Crippen molar-refractivity contribution in [2.45, 2.75) is 58.0 Å². The summed E-state index contributed by atoms with van der Waals surface area (Å²) in [5, 5.41) is 2.87. The van der Waals surface area contributed by atoms with Crippen molar-refractivity contribution in [2.75, 3.05) is 12.4 Å². The molecule has 1 saturated carbocycles. The summed E-state index contributed by atoms with van der Waals surface area (Å²) in [6.45, 7) is 2.82. The molecule has 0 bridgehead atoms. The van der Waals surface area contributed by atoms with Crippen molar-refractivity contribution >= 4 is 23.4 Å². The Balaban J connectivity index is 1.93. The predicted molar refractivity (Wildman–Crippen MR) is 99.4 cm³/mol. The number of carbonyl (C=O) groups excluding carboxylic acids is 2. The van der Waals surface area contributed by atoms with E-state index in [0.717, 1.165) is 18.5 Å². The number of hydrogen-bond acceptors (Lipinski definition) is 2. The van der Waals surface area contributed by atoms with Crippen molar-refractivity contribution < 1.29 is 9.59 Å². The van der Waals surface area contributed by atoms with Crippen molar-refractivity contribution in [3.63, 3.8) is 0 Å². The third-order valence-corrected chi connectivity index (χ3v) is 5.79. The van der Waals surface area contributed by atoms with Gasteiger partial charge in [0.1, 0.15) is 5.88 Å². The second-order valence-electron chi connectivity index (χ2n) is 7.26. The lowest BCUT2D eigenvalue weighted by atomic mass is 9.77. The normalized spacial score (nSPS) is 20.9. The van der Waals surface area contributed by atoms with E-state index >= 15 is 0 Å². The molecule has 0 aromatic heterocycles. The molecule has 2 aliphatic rings. The first-order valence-electron chi connectivity index (χ1n) is 9.31. The fraction of sp³-hybridized carbons (Fsp3) is 0.600. The van der Waals surface area contributed by atoms with E-state index in [9.17, 15) is 9.59 Å². The standard InChI is InChI=1S/C20H27ClN2O2/c1-14(24)22-13-15-7-8-16-9-10-23(19(25)12-21)20(18(16)11-15)17-5-3-2-4-6-17/h7-8,11,17,20H,2-6,9-10,12-13H2,1H3,(H,22,24). The number of rotatable bonds is 4. The van der Waals surface area contributed by atoms with Crippen LogP contribution < -0.4 is 5.32 Å². The van der Waals surface area contributed by atoms with Gasteiger partial charge in [0.25, 0.3) is 0 Å². The number of amides is 2. The van der Waals surface area contributed by atoms with Crippen LogP contribution in [0.5, 0.6) is 0 Å². The van der Waals surface area contributed by atoms with Crippen LogP contribution in [-0.2, 0) is 22.6 Å². The summed E-state index contributed by atoms with van der Waals surface area (Å²) in [6.07, 6.45) is 7.00. The summed E-state index contributed by atoms with van der Waals surface area (Å²) in [6, 6.07) is 6.59. The van der Waals surface area contributed by atoms with Crippen LogP contribution in [0.25, 0.3) is 0 Å². The number of hydrogen-bond donors (Lipinski definition) is 1. The smallest absolute Gasteiger partial charge is 0.238 e. The van der Waals surface area contributed by atoms with Gasteiger partial charge in [-0.05, 0) is 41.9 Å². The first-order chi connectivity index (χ1) is 12.1. The first kappa shape index (κ1) is 18.2. The van der Waals surface area contributed by atoms with E-state index in [0.29, 0.717) is 12.5 Å². The van der Waals surface area contributed by atoms with Crippen LogP contribution >= 0.6 is 11.6 Å². The Bertz CT molecular complexity index is 641. The third-order valence-electron chi connectivity index (χ3n) is 5.56. The Kier molecular flexibility index (Phi) is 6.00. The number of benzene rings is 1. The molecule has 3 rings (SSSR count). The van der Waals surface area contributed by atoms with Crippen LogP contribution in [0.2, 0.25) is 0 Å². The molecule has 1 unspecified atom stereocenters. The van der Waals surface area contributed by atoms with Gasteiger partial charge in [0, 0.05) is 20.0 Å². The molecule has 1 aromatic rings. The van der Waals surface area contributed by atoms with Gasteiger partial charge >= 0.3 is 0 Å². The number of carbonyl (C=O) groups is 2. The molecule has 136 valence electrons. The fourth-order valence-corrected chi connectivity index (χ4v) is 4.50. The molecule has 1 heterocycles. The second kappa shape index (κ2) is 8.22. The predicted octanol–water partition coefficient (Wildman–Crippen LogP) is 3.57. The van der Waals surface area contributed by atoms with Crippen molar-refractivity contribution in [3.05, 3.63) is 34.9 Å². The van der Waals surface area contributed by atoms with Gasteiger partial charge < -0.3 is 10.2 Å². The fourth-order valence-electron chi connectivity index (χ4n) is 4.35. The van der Waals surface area contributed by atoms with Gasteiger partial charge in [-0.1, -0.05) is 37.5 Å². The minimum absolute atomic E-state index is 0.0273. The van der Waals surface area contributed by atoms with Gasteiger partial charge in [-0.2, -0.15) is 0 Å². The maximum atomic E-state index is 12.5. The number of fused-ring (bicyclic) bond motifs is 1. The van der Waals surface area contributed by atoms with Crippen LogP contribution in [0, 0.1) is 5.92 Å². The van der Waals surface area contributed by atoms with Crippen molar-refractivity contribution in [3.8, 4) is 0 Å². The molecule has 0 radical (unpaired) electrons. The lowest BCUT2D eigenvalue weighted by Crippen LogP contribution is -2.44. The van der Waals surface area contributed by atoms with Crippen LogP contribution in [0.15, 0.2) is 18.2 Å². The first-order valence-corrected chi connectivity index (χ1v) is 9.85. The van der Waals surface area contributed by atoms with E-state index in [2.05, 4.69) is 23.5 Å². The summed E-state index contributed by atoms with van der Waals surface area (Å²) in [5.41, 5.74) is 3.69. The highest BCUT2D eigenvalue weighted by molar-refractivity contribution is 6.27. The van der Waals surface area contributed by atoms with Gasteiger partial charge in [0.05, 0.1) is 6.04 Å². The van der Waals surface area contributed by atoms with E-state index in [1.54, 1.807) is 0 Å². The lowest BCUT2D eigenvalue weighted by molar-refractivity contribution is -0.133. The molecule has 1 fully saturated rings. The lowest BCUT2D eigenvalue weighted by Gasteiger charge is -2.43. The van der Waals surface area contributed by atoms with Crippen molar-refractivity contribution in [2.24, 2.45) is 5.92 Å². The van der Waals surface area contributed by atoms with Gasteiger partial charge in [-0.15, -0.1) is 11.6 Å². The molecular formula is C20H27ClN2O2. The Labute approximate surface area is 154 Å². The molecule has 25 heavy (non-hydrogen) atoms. The molecular weight excluding hydrogens is 336 g/mol. The number of nitrogens with zero attached hydrogens (tertiary/aromatic N) is 1. The van der Waals surface area contributed by atoms with Crippen LogP contribution in [0.4, 0.5) is 0 Å². The Morgan fingerprint density at radius 3 is 2.68 bits per heavy atom. The molecule has 4 nitrogen and oxygen atoms in total. The van der Waals surface area contributed by atoms with Gasteiger partial charge in [-0.3, -0.25) is 9.59 Å². The SMILES string of the molecule is CC(=O)NCc1ccc2c(c1)C(C1CCCCC1)N(C(=O)CCl)CC2. The summed E-state index contributed by atoms with van der Waals surface area (Å²) in [4.78, 5) is 25.7. The third kappa shape index (κ3) is 4.17. The highest BCUT2D eigenvalue weighted by Gasteiger charge is 2.36. The highest BCUT2D eigenvalue weighted by Crippen LogP contribution is 2.42. The van der Waals surface area contributed by atoms with Crippen LogP contribution in [-0.4, -0.2) is 29.1 Å². The topological polar surface area (TPSA) is 49.4 Å². The van der Waals surface area contributed by atoms with Crippen molar-refractivity contribution in [1.29, 1.82) is 0 Å². The zero-order valence-electron chi connectivity index (χ0n) is 14.9. The average molecular weight is 363 g/mol. The molecule has 1 atom stereocenters. The highest BCUT2D eigenvalue weighted by atomic mass is 35.5. The summed E-state index contributed by atoms with van der Waals surface area (Å²) in [7, 11) is 0. The Morgan fingerprint density at radius 2 is 2.00 bits per heavy atom. The molecule has 5 heteroatoms. The quantitative estimate of drug-likeness (QED) is 0.832. The number of nitrogens with one attached hydrogen (secondary N) is 1. The number of halogens is 1. The zero-order valence-corrected chi connectivity index (χ0v) is 15.6. The van der Waals surface area contributed by atoms with Crippen LogP contribution in [0.3, 0.4) is 0 Å². The molecule has 1 aromatic carbocycles. The molecule has 0 saturated heterocycles. The van der Waals surface area contributed by atoms with E-state index in [4.69, 9.17) is 11.6 Å². The summed E-state index contributed by atoms with van der Waals surface area (Å²) in [5.74, 6) is 0.566. The molecule has 2 amide bonds. The monoisotopic (exact) mass is 362 g/mol. The second-order valence-corrected chi connectivity index (χ2v) is 7.52. The van der Waals surface area contributed by atoms with E-state index < -0.39 is 0 Å². The van der Waals surface area contributed by atoms with E-state index in [-0.39, 0.29) is 23.7 Å². The minimum Gasteiger partial charge on any atom is -0.352 e. The average Bonchev–Trinajstić information content (AvgIpc) is 2.65. The van der Waals surface area contributed by atoms with E-state index in [1.165, 1.54) is 50.2 Å². The van der Waals surface area contributed by atoms with Crippen LogP contribution in [0.1, 0.15) is 61.8 Å². The Hall–Kier alpha value is -1.55.